The first-order valence-corrected chi connectivity index (χ1v) is 6.72. The largest absolute Gasteiger partial charge is 0.271 e. The second kappa shape index (κ2) is 5.91. The van der Waals surface area contributed by atoms with Crippen LogP contribution in [-0.2, 0) is 13.5 Å². The molecule has 4 nitrogen and oxygen atoms in total. The van der Waals surface area contributed by atoms with Crippen LogP contribution in [0, 0.1) is 19.7 Å². The lowest BCUT2D eigenvalue weighted by Crippen LogP contribution is -2.30. The maximum Gasteiger partial charge on any atom is 0.130 e. The second-order valence-electron chi connectivity index (χ2n) is 4.90. The van der Waals surface area contributed by atoms with Crippen molar-refractivity contribution in [3.8, 4) is 0 Å². The summed E-state index contributed by atoms with van der Waals surface area (Å²) in [6, 6.07) is 4.46. The molecule has 1 unspecified atom stereocenters. The predicted molar refractivity (Wildman–Crippen MR) is 77.9 cm³/mol. The molecule has 1 aromatic heterocycles. The number of hydrogen-bond acceptors (Lipinski definition) is 3. The lowest BCUT2D eigenvalue weighted by atomic mass is 9.96. The molecule has 0 radical (unpaired) electrons. The van der Waals surface area contributed by atoms with Gasteiger partial charge in [-0.3, -0.25) is 16.0 Å². The van der Waals surface area contributed by atoms with Crippen LogP contribution in [0.25, 0.3) is 0 Å². The summed E-state index contributed by atoms with van der Waals surface area (Å²) >= 11 is 6.23. The number of hydrogen-bond donors (Lipinski definition) is 2. The van der Waals surface area contributed by atoms with Gasteiger partial charge in [0, 0.05) is 12.6 Å². The minimum absolute atomic E-state index is 0.217. The summed E-state index contributed by atoms with van der Waals surface area (Å²) in [5.41, 5.74) is 6.31. The number of rotatable bonds is 4. The van der Waals surface area contributed by atoms with Crippen molar-refractivity contribution in [1.29, 1.82) is 0 Å². The van der Waals surface area contributed by atoms with Crippen molar-refractivity contribution in [2.75, 3.05) is 0 Å². The SMILES string of the molecule is Cc1ccc(F)cc1C(Cc1c(C)nn(C)c1Cl)NN. The summed E-state index contributed by atoms with van der Waals surface area (Å²) in [4.78, 5) is 0. The van der Waals surface area contributed by atoms with E-state index in [0.717, 1.165) is 22.4 Å². The van der Waals surface area contributed by atoms with Crippen LogP contribution in [0.2, 0.25) is 5.15 Å². The summed E-state index contributed by atoms with van der Waals surface area (Å²) < 4.78 is 15.1. The molecule has 0 fully saturated rings. The van der Waals surface area contributed by atoms with Gasteiger partial charge in [-0.05, 0) is 43.5 Å². The molecule has 1 heterocycles. The van der Waals surface area contributed by atoms with Gasteiger partial charge in [-0.25, -0.2) is 4.39 Å². The topological polar surface area (TPSA) is 55.9 Å². The third-order valence-electron chi connectivity index (χ3n) is 3.50. The van der Waals surface area contributed by atoms with Gasteiger partial charge >= 0.3 is 0 Å². The number of hydrazine groups is 1. The van der Waals surface area contributed by atoms with Gasteiger partial charge in [0.2, 0.25) is 0 Å². The van der Waals surface area contributed by atoms with E-state index < -0.39 is 0 Å². The first kappa shape index (κ1) is 15.0. The monoisotopic (exact) mass is 296 g/mol. The number of halogens is 2. The van der Waals surface area contributed by atoms with Gasteiger partial charge in [0.1, 0.15) is 11.0 Å². The molecule has 0 spiro atoms. The summed E-state index contributed by atoms with van der Waals surface area (Å²) in [5.74, 6) is 5.36. The molecule has 2 aromatic rings. The highest BCUT2D eigenvalue weighted by Crippen LogP contribution is 2.27. The number of nitrogens with one attached hydrogen (secondary N) is 1. The number of benzene rings is 1. The zero-order valence-corrected chi connectivity index (χ0v) is 12.5. The minimum atomic E-state index is -0.278. The molecule has 108 valence electrons. The quantitative estimate of drug-likeness (QED) is 0.673. The Balaban J connectivity index is 2.36. The molecule has 3 N–H and O–H groups in total. The minimum Gasteiger partial charge on any atom is -0.271 e. The van der Waals surface area contributed by atoms with Gasteiger partial charge in [0.25, 0.3) is 0 Å². The second-order valence-corrected chi connectivity index (χ2v) is 5.26. The first-order chi connectivity index (χ1) is 9.43. The van der Waals surface area contributed by atoms with Crippen molar-refractivity contribution in [2.24, 2.45) is 12.9 Å². The fourth-order valence-electron chi connectivity index (χ4n) is 2.36. The number of nitrogens with zero attached hydrogens (tertiary/aromatic N) is 2. The smallest absolute Gasteiger partial charge is 0.130 e. The number of nitrogens with two attached hydrogens (primary N) is 1. The molecule has 0 aliphatic rings. The van der Waals surface area contributed by atoms with Crippen LogP contribution in [0.15, 0.2) is 18.2 Å². The predicted octanol–water partition coefficient (Wildman–Crippen LogP) is 2.58. The maximum atomic E-state index is 13.4. The number of aromatic nitrogens is 2. The van der Waals surface area contributed by atoms with Crippen LogP contribution < -0.4 is 11.3 Å². The van der Waals surface area contributed by atoms with Crippen molar-refractivity contribution in [3.63, 3.8) is 0 Å². The van der Waals surface area contributed by atoms with Crippen LogP contribution >= 0.6 is 11.6 Å². The van der Waals surface area contributed by atoms with Gasteiger partial charge < -0.3 is 0 Å². The van der Waals surface area contributed by atoms with E-state index in [2.05, 4.69) is 10.5 Å². The van der Waals surface area contributed by atoms with Crippen molar-refractivity contribution in [2.45, 2.75) is 26.3 Å². The summed E-state index contributed by atoms with van der Waals surface area (Å²) in [7, 11) is 1.79. The fraction of sp³-hybridized carbons (Fsp3) is 0.357. The molecule has 1 aromatic carbocycles. The van der Waals surface area contributed by atoms with Crippen LogP contribution in [0.1, 0.15) is 28.4 Å². The molecular formula is C14H18ClFN4. The Labute approximate surface area is 122 Å². The van der Waals surface area contributed by atoms with E-state index in [9.17, 15) is 4.39 Å². The number of aryl methyl sites for hydroxylation is 3. The van der Waals surface area contributed by atoms with Crippen LogP contribution in [0.5, 0.6) is 0 Å². The zero-order chi connectivity index (χ0) is 14.9. The van der Waals surface area contributed by atoms with Gasteiger partial charge in [-0.2, -0.15) is 5.10 Å². The molecule has 0 aliphatic carbocycles. The summed E-state index contributed by atoms with van der Waals surface area (Å²) in [5, 5.41) is 4.85. The molecule has 6 heteroatoms. The third-order valence-corrected chi connectivity index (χ3v) is 3.97. The molecular weight excluding hydrogens is 279 g/mol. The lowest BCUT2D eigenvalue weighted by Gasteiger charge is -2.18. The van der Waals surface area contributed by atoms with Crippen molar-refractivity contribution in [1.82, 2.24) is 15.2 Å². The average Bonchev–Trinajstić information content (AvgIpc) is 2.65. The standard InChI is InChI=1S/C14H18ClFN4/c1-8-4-5-10(16)6-11(8)13(18-17)7-12-9(2)19-20(3)14(12)15/h4-6,13,18H,7,17H2,1-3H3. The van der Waals surface area contributed by atoms with E-state index in [1.165, 1.54) is 12.1 Å². The maximum absolute atomic E-state index is 13.4. The van der Waals surface area contributed by atoms with E-state index in [1.54, 1.807) is 17.8 Å². The molecule has 2 rings (SSSR count). The van der Waals surface area contributed by atoms with E-state index in [0.29, 0.717) is 11.6 Å². The van der Waals surface area contributed by atoms with Crippen molar-refractivity contribution in [3.05, 3.63) is 51.6 Å². The van der Waals surface area contributed by atoms with E-state index in [-0.39, 0.29) is 11.9 Å². The highest BCUT2D eigenvalue weighted by atomic mass is 35.5. The first-order valence-electron chi connectivity index (χ1n) is 6.34. The molecule has 0 aliphatic heterocycles. The Morgan fingerprint density at radius 2 is 2.15 bits per heavy atom. The van der Waals surface area contributed by atoms with Gasteiger partial charge in [-0.1, -0.05) is 17.7 Å². The summed E-state index contributed by atoms with van der Waals surface area (Å²) in [6.07, 6.45) is 0.555. The van der Waals surface area contributed by atoms with Crippen LogP contribution in [0.3, 0.4) is 0 Å². The Hall–Kier alpha value is -1.43. The molecule has 0 bridgehead atoms. The van der Waals surface area contributed by atoms with Gasteiger partial charge in [-0.15, -0.1) is 0 Å². The Kier molecular flexibility index (Phi) is 4.42. The van der Waals surface area contributed by atoms with E-state index in [1.807, 2.05) is 13.8 Å². The van der Waals surface area contributed by atoms with Crippen LogP contribution in [-0.4, -0.2) is 9.78 Å². The van der Waals surface area contributed by atoms with Gasteiger partial charge in [0.05, 0.1) is 11.7 Å². The Bertz CT molecular complexity index is 624. The van der Waals surface area contributed by atoms with Gasteiger partial charge in [0.15, 0.2) is 0 Å². The molecule has 1 atom stereocenters. The summed E-state index contributed by atoms with van der Waals surface area (Å²) in [6.45, 7) is 3.82. The molecule has 0 saturated heterocycles. The third kappa shape index (κ3) is 2.85. The normalized spacial score (nSPS) is 12.7. The highest BCUT2D eigenvalue weighted by Gasteiger charge is 2.19. The average molecular weight is 297 g/mol. The molecule has 0 amide bonds. The van der Waals surface area contributed by atoms with E-state index in [4.69, 9.17) is 17.4 Å². The molecule has 0 saturated carbocycles. The highest BCUT2D eigenvalue weighted by molar-refractivity contribution is 6.30. The molecule has 20 heavy (non-hydrogen) atoms. The fourth-order valence-corrected chi connectivity index (χ4v) is 2.61. The lowest BCUT2D eigenvalue weighted by molar-refractivity contribution is 0.540. The Morgan fingerprint density at radius 1 is 1.45 bits per heavy atom. The Morgan fingerprint density at radius 3 is 2.70 bits per heavy atom. The van der Waals surface area contributed by atoms with E-state index >= 15 is 0 Å². The van der Waals surface area contributed by atoms with Crippen LogP contribution in [0.4, 0.5) is 4.39 Å². The van der Waals surface area contributed by atoms with Crippen molar-refractivity contribution < 1.29 is 4.39 Å². The van der Waals surface area contributed by atoms with Crippen molar-refractivity contribution >= 4 is 11.6 Å². The zero-order valence-electron chi connectivity index (χ0n) is 11.7.